The third kappa shape index (κ3) is 1.02. The lowest BCUT2D eigenvalue weighted by atomic mass is 10.0. The molecule has 0 aliphatic carbocycles. The lowest BCUT2D eigenvalue weighted by Gasteiger charge is -2.23. The summed E-state index contributed by atoms with van der Waals surface area (Å²) in [6.07, 6.45) is 5.05. The fraction of sp³-hybridized carbons (Fsp3) is 0.556. The van der Waals surface area contributed by atoms with Crippen LogP contribution in [0, 0.1) is 0 Å². The first-order valence-electron chi connectivity index (χ1n) is 4.67. The van der Waals surface area contributed by atoms with Gasteiger partial charge in [-0.3, -0.25) is 0 Å². The number of hydrogen-bond acceptors (Lipinski definition) is 3. The molecule has 3 heterocycles. The van der Waals surface area contributed by atoms with E-state index in [1.54, 1.807) is 6.20 Å². The van der Waals surface area contributed by atoms with Gasteiger partial charge in [0.15, 0.2) is 0 Å². The molecule has 1 aromatic heterocycles. The van der Waals surface area contributed by atoms with E-state index in [0.29, 0.717) is 12.1 Å². The van der Waals surface area contributed by atoms with Gasteiger partial charge in [0.25, 0.3) is 0 Å². The Morgan fingerprint density at radius 1 is 1.46 bits per heavy atom. The Labute approximate surface area is 75.4 Å². The Hall–Kier alpha value is -1.16. The van der Waals surface area contributed by atoms with Gasteiger partial charge >= 0.3 is 5.69 Å². The summed E-state index contributed by atoms with van der Waals surface area (Å²) in [6, 6.07) is 0.994. The summed E-state index contributed by atoms with van der Waals surface area (Å²) in [5, 5.41) is 3.50. The molecule has 0 radical (unpaired) electrons. The number of H-pyrrole nitrogens is 1. The minimum absolute atomic E-state index is 0.222. The van der Waals surface area contributed by atoms with Crippen LogP contribution in [0.5, 0.6) is 0 Å². The molecule has 4 nitrogen and oxygen atoms in total. The van der Waals surface area contributed by atoms with E-state index < -0.39 is 0 Å². The smallest absolute Gasteiger partial charge is 0.309 e. The zero-order valence-electron chi connectivity index (χ0n) is 7.21. The van der Waals surface area contributed by atoms with E-state index in [-0.39, 0.29) is 5.69 Å². The lowest BCUT2D eigenvalue weighted by molar-refractivity contribution is 0.502. The second-order valence-corrected chi connectivity index (χ2v) is 3.82. The maximum Gasteiger partial charge on any atom is 0.345 e. The third-order valence-electron chi connectivity index (χ3n) is 2.99. The molecule has 4 heteroatoms. The molecule has 2 atom stereocenters. The van der Waals surface area contributed by atoms with Gasteiger partial charge in [0.1, 0.15) is 0 Å². The highest BCUT2D eigenvalue weighted by Gasteiger charge is 2.32. The van der Waals surface area contributed by atoms with Gasteiger partial charge < -0.3 is 10.3 Å². The zero-order chi connectivity index (χ0) is 8.84. The first-order chi connectivity index (χ1) is 6.33. The predicted molar refractivity (Wildman–Crippen MR) is 47.5 cm³/mol. The molecule has 2 aliphatic heterocycles. The Kier molecular flexibility index (Phi) is 1.35. The standard InChI is InChI=1S/C9H11N3O/c13-9-10-4-6-7-2-1-5(11-7)3-8(6)12-9/h4-5,7,11H,1-3H2,(H,10,12,13)/t5-,7?/m0/s1. The van der Waals surface area contributed by atoms with Crippen molar-refractivity contribution >= 4 is 0 Å². The summed E-state index contributed by atoms with van der Waals surface area (Å²) in [7, 11) is 0. The molecule has 1 fully saturated rings. The fourth-order valence-corrected chi connectivity index (χ4v) is 2.38. The summed E-state index contributed by atoms with van der Waals surface area (Å²) in [6.45, 7) is 0. The Morgan fingerprint density at radius 2 is 2.38 bits per heavy atom. The van der Waals surface area contributed by atoms with Crippen LogP contribution in [0.3, 0.4) is 0 Å². The highest BCUT2D eigenvalue weighted by atomic mass is 16.1. The average Bonchev–Trinajstić information content (AvgIpc) is 2.48. The number of rotatable bonds is 0. The second kappa shape index (κ2) is 2.42. The van der Waals surface area contributed by atoms with Gasteiger partial charge in [-0.25, -0.2) is 9.78 Å². The number of fused-ring (bicyclic) bond motifs is 4. The maximum atomic E-state index is 11.0. The summed E-state index contributed by atoms with van der Waals surface area (Å²) in [5.74, 6) is 0. The molecule has 2 bridgehead atoms. The minimum atomic E-state index is -0.222. The van der Waals surface area contributed by atoms with Gasteiger partial charge in [-0.15, -0.1) is 0 Å². The summed E-state index contributed by atoms with van der Waals surface area (Å²) in [5.41, 5.74) is 2.06. The Morgan fingerprint density at radius 3 is 3.31 bits per heavy atom. The number of aromatic nitrogens is 2. The molecule has 13 heavy (non-hydrogen) atoms. The topological polar surface area (TPSA) is 57.8 Å². The van der Waals surface area contributed by atoms with Crippen molar-refractivity contribution in [1.29, 1.82) is 0 Å². The molecule has 1 aromatic rings. The normalized spacial score (nSPS) is 30.2. The van der Waals surface area contributed by atoms with E-state index in [9.17, 15) is 4.79 Å². The molecule has 0 spiro atoms. The third-order valence-corrected chi connectivity index (χ3v) is 2.99. The predicted octanol–water partition coefficient (Wildman–Crippen LogP) is 0.119. The SMILES string of the molecule is O=c1ncc2c([nH]1)C[C@@H]1CCC2N1. The van der Waals surface area contributed by atoms with Crippen LogP contribution in [-0.2, 0) is 6.42 Å². The highest BCUT2D eigenvalue weighted by molar-refractivity contribution is 5.26. The van der Waals surface area contributed by atoms with Crippen LogP contribution in [0.2, 0.25) is 0 Å². The molecule has 0 aromatic carbocycles. The van der Waals surface area contributed by atoms with Crippen molar-refractivity contribution in [3.63, 3.8) is 0 Å². The summed E-state index contributed by atoms with van der Waals surface area (Å²) < 4.78 is 0. The van der Waals surface area contributed by atoms with Crippen molar-refractivity contribution in [2.24, 2.45) is 0 Å². The van der Waals surface area contributed by atoms with Crippen LogP contribution in [-0.4, -0.2) is 16.0 Å². The van der Waals surface area contributed by atoms with Crippen LogP contribution in [0.4, 0.5) is 0 Å². The first-order valence-corrected chi connectivity index (χ1v) is 4.67. The zero-order valence-corrected chi connectivity index (χ0v) is 7.21. The van der Waals surface area contributed by atoms with Crippen molar-refractivity contribution in [3.05, 3.63) is 27.9 Å². The minimum Gasteiger partial charge on any atom is -0.309 e. The van der Waals surface area contributed by atoms with Crippen LogP contribution in [0.1, 0.15) is 30.1 Å². The van der Waals surface area contributed by atoms with Gasteiger partial charge in [-0.1, -0.05) is 0 Å². The highest BCUT2D eigenvalue weighted by Crippen LogP contribution is 2.33. The van der Waals surface area contributed by atoms with E-state index in [2.05, 4.69) is 15.3 Å². The Bertz CT molecular complexity index is 398. The molecule has 2 N–H and O–H groups in total. The van der Waals surface area contributed by atoms with Gasteiger partial charge in [0, 0.05) is 36.0 Å². The quantitative estimate of drug-likeness (QED) is 0.591. The van der Waals surface area contributed by atoms with Crippen molar-refractivity contribution in [2.75, 3.05) is 0 Å². The molecule has 3 rings (SSSR count). The average molecular weight is 177 g/mol. The first kappa shape index (κ1) is 7.26. The van der Waals surface area contributed by atoms with Crippen LogP contribution in [0.25, 0.3) is 0 Å². The summed E-state index contributed by atoms with van der Waals surface area (Å²) in [4.78, 5) is 17.6. The van der Waals surface area contributed by atoms with Crippen molar-refractivity contribution in [2.45, 2.75) is 31.3 Å². The van der Waals surface area contributed by atoms with Crippen LogP contribution in [0.15, 0.2) is 11.0 Å². The molecular weight excluding hydrogens is 166 g/mol. The molecule has 1 saturated heterocycles. The lowest BCUT2D eigenvalue weighted by Crippen LogP contribution is -2.34. The van der Waals surface area contributed by atoms with Crippen molar-refractivity contribution in [1.82, 2.24) is 15.3 Å². The monoisotopic (exact) mass is 177 g/mol. The molecule has 2 aliphatic rings. The maximum absolute atomic E-state index is 11.0. The van der Waals surface area contributed by atoms with Gasteiger partial charge in [-0.05, 0) is 12.8 Å². The van der Waals surface area contributed by atoms with E-state index >= 15 is 0 Å². The Balaban J connectivity index is 2.17. The molecule has 0 saturated carbocycles. The van der Waals surface area contributed by atoms with Crippen molar-refractivity contribution in [3.8, 4) is 0 Å². The fourth-order valence-electron chi connectivity index (χ4n) is 2.38. The van der Waals surface area contributed by atoms with E-state index in [1.165, 1.54) is 18.4 Å². The van der Waals surface area contributed by atoms with Gasteiger partial charge in [-0.2, -0.15) is 0 Å². The van der Waals surface area contributed by atoms with E-state index in [0.717, 1.165) is 12.1 Å². The molecule has 1 unspecified atom stereocenters. The van der Waals surface area contributed by atoms with Crippen LogP contribution >= 0.6 is 0 Å². The summed E-state index contributed by atoms with van der Waals surface area (Å²) >= 11 is 0. The number of hydrogen-bond donors (Lipinski definition) is 2. The molecule has 68 valence electrons. The largest absolute Gasteiger partial charge is 0.345 e. The number of nitrogens with zero attached hydrogens (tertiary/aromatic N) is 1. The van der Waals surface area contributed by atoms with Gasteiger partial charge in [0.05, 0.1) is 0 Å². The van der Waals surface area contributed by atoms with Gasteiger partial charge in [0.2, 0.25) is 0 Å². The van der Waals surface area contributed by atoms with E-state index in [4.69, 9.17) is 0 Å². The van der Waals surface area contributed by atoms with Crippen LogP contribution < -0.4 is 11.0 Å². The van der Waals surface area contributed by atoms with Crippen molar-refractivity contribution < 1.29 is 0 Å². The second-order valence-electron chi connectivity index (χ2n) is 3.82. The number of aromatic amines is 1. The van der Waals surface area contributed by atoms with E-state index in [1.807, 2.05) is 0 Å². The number of nitrogens with one attached hydrogen (secondary N) is 2. The molecular formula is C9H11N3O. The molecule has 0 amide bonds.